The number of carbonyl (C=O) groups excluding carboxylic acids is 1. The molecule has 0 saturated heterocycles. The van der Waals surface area contributed by atoms with E-state index in [1.807, 2.05) is 26.0 Å². The number of aryl methyl sites for hydroxylation is 1. The van der Waals surface area contributed by atoms with Gasteiger partial charge in [-0.15, -0.1) is 10.0 Å². The molecule has 31 heavy (non-hydrogen) atoms. The molecule has 0 spiro atoms. The smallest absolute Gasteiger partial charge is 0.229 e. The molecule has 0 atom stereocenters. The summed E-state index contributed by atoms with van der Waals surface area (Å²) in [6.45, 7) is 3.85. The molecule has 4 aromatic rings. The molecule has 4 aromatic heterocycles. The number of pyridine rings is 2. The Hall–Kier alpha value is -3.60. The Morgan fingerprint density at radius 2 is 2.13 bits per heavy atom. The van der Waals surface area contributed by atoms with E-state index in [1.165, 1.54) is 17.7 Å². The first-order valence-corrected chi connectivity index (χ1v) is 10.7. The summed E-state index contributed by atoms with van der Waals surface area (Å²) in [7, 11) is 0. The fourth-order valence-corrected chi connectivity index (χ4v) is 4.41. The van der Waals surface area contributed by atoms with E-state index in [0.29, 0.717) is 34.1 Å². The van der Waals surface area contributed by atoms with Crippen molar-refractivity contribution in [2.24, 2.45) is 16.3 Å². The number of fused-ring (bicyclic) bond motifs is 3. The highest BCUT2D eigenvalue weighted by Crippen LogP contribution is 2.35. The largest absolute Gasteiger partial charge is 0.302 e. The lowest BCUT2D eigenvalue weighted by atomic mass is 10.0. The first kappa shape index (κ1) is 19.4. The Bertz CT molecular complexity index is 1370. The molecule has 1 N–H and O–H groups in total. The summed E-state index contributed by atoms with van der Waals surface area (Å²) >= 11 is 1.37. The molecule has 1 aliphatic rings. The van der Waals surface area contributed by atoms with Crippen LogP contribution in [0.5, 0.6) is 0 Å². The van der Waals surface area contributed by atoms with Crippen LogP contribution in [-0.4, -0.2) is 36.2 Å². The van der Waals surface area contributed by atoms with Crippen LogP contribution in [0.3, 0.4) is 0 Å². The van der Waals surface area contributed by atoms with Gasteiger partial charge in [0.15, 0.2) is 10.8 Å². The fraction of sp³-hybridized carbons (Fsp3) is 0.300. The highest BCUT2D eigenvalue weighted by molar-refractivity contribution is 7.22. The fourth-order valence-electron chi connectivity index (χ4n) is 3.50. The van der Waals surface area contributed by atoms with Crippen molar-refractivity contribution < 1.29 is 4.79 Å². The van der Waals surface area contributed by atoms with Gasteiger partial charge in [-0.05, 0) is 43.9 Å². The van der Waals surface area contributed by atoms with Crippen molar-refractivity contribution in [3.63, 3.8) is 0 Å². The summed E-state index contributed by atoms with van der Waals surface area (Å²) in [6.07, 6.45) is 5.65. The van der Waals surface area contributed by atoms with Crippen LogP contribution in [0.1, 0.15) is 37.4 Å². The van der Waals surface area contributed by atoms with Crippen molar-refractivity contribution in [1.82, 2.24) is 24.6 Å². The molecule has 0 unspecified atom stereocenters. The average molecular weight is 434 g/mol. The number of aromatic nitrogens is 5. The zero-order valence-electron chi connectivity index (χ0n) is 16.9. The molecule has 0 aliphatic heterocycles. The van der Waals surface area contributed by atoms with Crippen LogP contribution in [-0.2, 0) is 4.79 Å². The van der Waals surface area contributed by atoms with Gasteiger partial charge in [-0.25, -0.2) is 14.5 Å². The van der Waals surface area contributed by atoms with Crippen LogP contribution in [0.25, 0.3) is 27.1 Å². The number of anilines is 1. The number of carbonyl (C=O) groups is 1. The molecule has 0 aromatic carbocycles. The monoisotopic (exact) mass is 434 g/mol. The minimum Gasteiger partial charge on any atom is -0.302 e. The lowest BCUT2D eigenvalue weighted by Gasteiger charge is -2.09. The van der Waals surface area contributed by atoms with Gasteiger partial charge in [0.1, 0.15) is 16.7 Å². The van der Waals surface area contributed by atoms with Crippen LogP contribution in [0, 0.1) is 17.7 Å². The molecule has 0 radical (unpaired) electrons. The third kappa shape index (κ3) is 3.46. The van der Waals surface area contributed by atoms with Crippen LogP contribution >= 0.6 is 11.3 Å². The second kappa shape index (κ2) is 7.58. The minimum atomic E-state index is 0.0166. The molecule has 1 fully saturated rings. The van der Waals surface area contributed by atoms with Gasteiger partial charge in [-0.3, -0.25) is 9.78 Å². The lowest BCUT2D eigenvalue weighted by Crippen LogP contribution is -2.12. The van der Waals surface area contributed by atoms with E-state index in [2.05, 4.69) is 35.8 Å². The maximum absolute atomic E-state index is 12.1. The summed E-state index contributed by atoms with van der Waals surface area (Å²) in [5.74, 6) is 0.120. The van der Waals surface area contributed by atoms with E-state index in [4.69, 9.17) is 0 Å². The van der Waals surface area contributed by atoms with E-state index < -0.39 is 0 Å². The predicted octanol–water partition coefficient (Wildman–Crippen LogP) is 3.94. The Kier molecular flexibility index (Phi) is 4.74. The topological polar surface area (TPSA) is 127 Å². The number of thiazole rings is 1. The third-order valence-electron chi connectivity index (χ3n) is 5.27. The van der Waals surface area contributed by atoms with Crippen LogP contribution < -0.4 is 5.32 Å². The van der Waals surface area contributed by atoms with Crippen LogP contribution in [0.15, 0.2) is 35.0 Å². The average Bonchev–Trinajstić information content (AvgIpc) is 3.36. The van der Waals surface area contributed by atoms with Gasteiger partial charge < -0.3 is 5.32 Å². The number of nitrogens with zero attached hydrogens (tertiary/aromatic N) is 7. The molecule has 5 rings (SSSR count). The Morgan fingerprint density at radius 3 is 2.84 bits per heavy atom. The SMILES string of the molecule is CC/C(=N/N=O)c1cc(C)c(-c2cc3nc(NC(=O)C4CC4)sc3n3ncnc23)cn1. The normalized spacial score (nSPS) is 14.3. The van der Waals surface area contributed by atoms with Crippen LogP contribution in [0.4, 0.5) is 5.13 Å². The highest BCUT2D eigenvalue weighted by Gasteiger charge is 2.30. The summed E-state index contributed by atoms with van der Waals surface area (Å²) in [6, 6.07) is 3.82. The van der Waals surface area contributed by atoms with Crippen molar-refractivity contribution in [2.45, 2.75) is 33.1 Å². The van der Waals surface area contributed by atoms with Gasteiger partial charge in [0.2, 0.25) is 5.91 Å². The minimum absolute atomic E-state index is 0.0166. The van der Waals surface area contributed by atoms with Crippen molar-refractivity contribution in [1.29, 1.82) is 0 Å². The van der Waals surface area contributed by atoms with Crippen molar-refractivity contribution in [3.8, 4) is 11.1 Å². The zero-order chi connectivity index (χ0) is 21.5. The number of hydrogen-bond donors (Lipinski definition) is 1. The predicted molar refractivity (Wildman–Crippen MR) is 118 cm³/mol. The number of nitroso groups, excluding NO2 is 1. The van der Waals surface area contributed by atoms with Gasteiger partial charge in [0.05, 0.1) is 16.7 Å². The molecule has 1 saturated carbocycles. The maximum Gasteiger partial charge on any atom is 0.229 e. The van der Waals surface area contributed by atoms with E-state index in [1.54, 1.807) is 10.7 Å². The molecule has 0 bridgehead atoms. The summed E-state index contributed by atoms with van der Waals surface area (Å²) in [5, 5.41) is 14.1. The standard InChI is InChI=1S/C20H18N8O2S/c1-3-14(26-27-30)15-6-10(2)13(8-21-15)12-7-16-19(28-17(12)22-9-23-28)31-20(24-16)25-18(29)11-4-5-11/h6-9,11H,3-5H2,1-2H3,(H,24,25,29)/b26-14-. The molecule has 1 aliphatic carbocycles. The quantitative estimate of drug-likeness (QED) is 0.278. The van der Waals surface area contributed by atoms with E-state index in [9.17, 15) is 9.70 Å². The number of amides is 1. The lowest BCUT2D eigenvalue weighted by molar-refractivity contribution is -0.117. The molecule has 1 amide bonds. The van der Waals surface area contributed by atoms with Gasteiger partial charge in [0.25, 0.3) is 0 Å². The highest BCUT2D eigenvalue weighted by atomic mass is 32.1. The van der Waals surface area contributed by atoms with Gasteiger partial charge >= 0.3 is 0 Å². The summed E-state index contributed by atoms with van der Waals surface area (Å²) in [4.78, 5) is 37.0. The van der Waals surface area contributed by atoms with Crippen LogP contribution in [0.2, 0.25) is 0 Å². The number of hydrogen-bond acceptors (Lipinski definition) is 8. The molecular formula is C20H18N8O2S. The summed E-state index contributed by atoms with van der Waals surface area (Å²) < 4.78 is 1.73. The van der Waals surface area contributed by atoms with Gasteiger partial charge in [-0.1, -0.05) is 18.3 Å². The Morgan fingerprint density at radius 1 is 1.29 bits per heavy atom. The number of rotatable bonds is 6. The molecule has 10 nitrogen and oxygen atoms in total. The van der Waals surface area contributed by atoms with Gasteiger partial charge in [-0.2, -0.15) is 5.10 Å². The molecule has 156 valence electrons. The van der Waals surface area contributed by atoms with E-state index >= 15 is 0 Å². The van der Waals surface area contributed by atoms with Gasteiger partial charge in [0, 0.05) is 23.2 Å². The van der Waals surface area contributed by atoms with Crippen molar-refractivity contribution in [2.75, 3.05) is 5.32 Å². The molecule has 4 heterocycles. The van der Waals surface area contributed by atoms with E-state index in [0.717, 1.165) is 34.4 Å². The summed E-state index contributed by atoms with van der Waals surface area (Å²) in [5.41, 5.74) is 5.18. The second-order valence-electron chi connectivity index (χ2n) is 7.39. The van der Waals surface area contributed by atoms with E-state index in [-0.39, 0.29) is 11.8 Å². The van der Waals surface area contributed by atoms with Crippen molar-refractivity contribution in [3.05, 3.63) is 40.8 Å². The second-order valence-corrected chi connectivity index (χ2v) is 8.37. The third-order valence-corrected chi connectivity index (χ3v) is 6.23. The zero-order valence-corrected chi connectivity index (χ0v) is 17.7. The molecule has 11 heteroatoms. The first-order chi connectivity index (χ1) is 15.1. The Balaban J connectivity index is 1.60. The maximum atomic E-state index is 12.1. The Labute approximate surface area is 180 Å². The molecular weight excluding hydrogens is 416 g/mol. The number of nitrogens with one attached hydrogen (secondary N) is 1. The first-order valence-electron chi connectivity index (χ1n) is 9.89. The van der Waals surface area contributed by atoms with Crippen molar-refractivity contribution >= 4 is 44.1 Å².